The fraction of sp³-hybridized carbons (Fsp3) is 0.364. The molecule has 0 aliphatic carbocycles. The van der Waals surface area contributed by atoms with Crippen LogP contribution in [0.3, 0.4) is 0 Å². The van der Waals surface area contributed by atoms with E-state index in [1.54, 1.807) is 0 Å². The van der Waals surface area contributed by atoms with Crippen LogP contribution in [0.1, 0.15) is 23.2 Å². The highest BCUT2D eigenvalue weighted by Crippen LogP contribution is 2.31. The zero-order valence-electron chi connectivity index (χ0n) is 9.09. The van der Waals surface area contributed by atoms with E-state index in [2.05, 4.69) is 0 Å². The van der Waals surface area contributed by atoms with Gasteiger partial charge in [-0.3, -0.25) is 10.1 Å². The van der Waals surface area contributed by atoms with E-state index < -0.39 is 10.9 Å². The maximum Gasteiger partial charge on any atom is 0.293 e. The van der Waals surface area contributed by atoms with Gasteiger partial charge in [0.1, 0.15) is 5.69 Å². The average molecular weight is 235 g/mol. The lowest BCUT2D eigenvalue weighted by Crippen LogP contribution is -2.23. The molecule has 90 valence electrons. The molecule has 6 heteroatoms. The third kappa shape index (κ3) is 2.20. The second-order valence-electron chi connectivity index (χ2n) is 3.94. The van der Waals surface area contributed by atoms with Gasteiger partial charge in [-0.25, -0.2) is 0 Å². The van der Waals surface area contributed by atoms with Crippen LogP contribution in [0.2, 0.25) is 0 Å². The van der Waals surface area contributed by atoms with E-state index in [4.69, 9.17) is 0 Å². The van der Waals surface area contributed by atoms with Gasteiger partial charge in [0.15, 0.2) is 0 Å². The molecule has 0 atom stereocenters. The fourth-order valence-corrected chi connectivity index (χ4v) is 2.02. The van der Waals surface area contributed by atoms with Crippen LogP contribution in [-0.4, -0.2) is 24.0 Å². The molecule has 1 saturated heterocycles. The first kappa shape index (κ1) is 11.4. The molecule has 0 radical (unpaired) electrons. The molecule has 0 spiro atoms. The summed E-state index contributed by atoms with van der Waals surface area (Å²) in [7, 11) is 0. The number of carbonyl (C=O) groups is 1. The zero-order chi connectivity index (χ0) is 12.4. The second kappa shape index (κ2) is 4.40. The van der Waals surface area contributed by atoms with Crippen LogP contribution in [0.5, 0.6) is 0 Å². The predicted molar refractivity (Wildman–Crippen MR) is 58.9 cm³/mol. The Balaban J connectivity index is 2.44. The van der Waals surface area contributed by atoms with Crippen molar-refractivity contribution in [3.05, 3.63) is 33.9 Å². The minimum atomic E-state index is -1.40. The Morgan fingerprint density at radius 1 is 1.29 bits per heavy atom. The van der Waals surface area contributed by atoms with Crippen LogP contribution in [0, 0.1) is 10.1 Å². The number of carboxylic acid groups (broad SMARTS) is 1. The molecule has 0 saturated carbocycles. The number of hydrogen-bond acceptors (Lipinski definition) is 5. The van der Waals surface area contributed by atoms with Gasteiger partial charge >= 0.3 is 0 Å². The predicted octanol–water partition coefficient (Wildman–Crippen LogP) is 0.558. The number of hydrogen-bond donors (Lipinski definition) is 0. The summed E-state index contributed by atoms with van der Waals surface area (Å²) in [5, 5.41) is 21.6. The zero-order valence-corrected chi connectivity index (χ0v) is 9.09. The SMILES string of the molecule is O=C([O-])c1ccc(N2CCCC2)c([N+](=O)[O-])c1. The second-order valence-corrected chi connectivity index (χ2v) is 3.94. The number of rotatable bonds is 3. The summed E-state index contributed by atoms with van der Waals surface area (Å²) in [4.78, 5) is 22.9. The molecular weight excluding hydrogens is 224 g/mol. The third-order valence-corrected chi connectivity index (χ3v) is 2.85. The molecule has 0 N–H and O–H groups in total. The molecule has 1 heterocycles. The van der Waals surface area contributed by atoms with Crippen LogP contribution >= 0.6 is 0 Å². The third-order valence-electron chi connectivity index (χ3n) is 2.85. The quantitative estimate of drug-likeness (QED) is 0.564. The van der Waals surface area contributed by atoms with Gasteiger partial charge in [0.25, 0.3) is 5.69 Å². The van der Waals surface area contributed by atoms with Crippen molar-refractivity contribution in [2.24, 2.45) is 0 Å². The van der Waals surface area contributed by atoms with Crippen LogP contribution < -0.4 is 10.0 Å². The Morgan fingerprint density at radius 3 is 2.47 bits per heavy atom. The largest absolute Gasteiger partial charge is 0.545 e. The smallest absolute Gasteiger partial charge is 0.293 e. The number of nitro groups is 1. The van der Waals surface area contributed by atoms with Gasteiger partial charge < -0.3 is 14.8 Å². The monoisotopic (exact) mass is 235 g/mol. The molecule has 1 aromatic carbocycles. The van der Waals surface area contributed by atoms with Crippen LogP contribution in [0.4, 0.5) is 11.4 Å². The van der Waals surface area contributed by atoms with Crippen molar-refractivity contribution in [2.45, 2.75) is 12.8 Å². The summed E-state index contributed by atoms with van der Waals surface area (Å²) in [6, 6.07) is 3.88. The maximum absolute atomic E-state index is 10.9. The normalized spacial score (nSPS) is 14.9. The van der Waals surface area contributed by atoms with Gasteiger partial charge in [0, 0.05) is 24.7 Å². The fourth-order valence-electron chi connectivity index (χ4n) is 2.02. The van der Waals surface area contributed by atoms with Gasteiger partial charge in [-0.15, -0.1) is 0 Å². The molecule has 2 rings (SSSR count). The lowest BCUT2D eigenvalue weighted by molar-refractivity contribution is -0.384. The van der Waals surface area contributed by atoms with E-state index in [-0.39, 0.29) is 11.3 Å². The van der Waals surface area contributed by atoms with Crippen molar-refractivity contribution in [2.75, 3.05) is 18.0 Å². The first-order valence-electron chi connectivity index (χ1n) is 5.34. The number of nitro benzene ring substituents is 1. The number of carbonyl (C=O) groups excluding carboxylic acids is 1. The molecule has 1 fully saturated rings. The molecule has 6 nitrogen and oxygen atoms in total. The van der Waals surface area contributed by atoms with Crippen LogP contribution in [-0.2, 0) is 0 Å². The summed E-state index contributed by atoms with van der Waals surface area (Å²) in [6.45, 7) is 1.54. The standard InChI is InChI=1S/C11H12N2O4/c14-11(15)8-3-4-9(10(7-8)13(16)17)12-5-1-2-6-12/h3-4,7H,1-2,5-6H2,(H,14,15)/p-1. The number of anilines is 1. The molecule has 1 aliphatic heterocycles. The molecule has 1 aliphatic rings. The lowest BCUT2D eigenvalue weighted by atomic mass is 10.1. The number of benzene rings is 1. The summed E-state index contributed by atoms with van der Waals surface area (Å²) in [5.74, 6) is -1.40. The molecule has 17 heavy (non-hydrogen) atoms. The highest BCUT2D eigenvalue weighted by Gasteiger charge is 2.22. The summed E-state index contributed by atoms with van der Waals surface area (Å²) >= 11 is 0. The summed E-state index contributed by atoms with van der Waals surface area (Å²) in [6.07, 6.45) is 2.00. The Hall–Kier alpha value is -2.11. The number of carboxylic acids is 1. The van der Waals surface area contributed by atoms with Crippen molar-refractivity contribution in [1.82, 2.24) is 0 Å². The molecule has 0 unspecified atom stereocenters. The molecule has 1 aromatic rings. The Morgan fingerprint density at radius 2 is 1.94 bits per heavy atom. The van der Waals surface area contributed by atoms with Crippen LogP contribution in [0.15, 0.2) is 18.2 Å². The van der Waals surface area contributed by atoms with Gasteiger partial charge in [-0.2, -0.15) is 0 Å². The van der Waals surface area contributed by atoms with E-state index in [0.717, 1.165) is 32.0 Å². The van der Waals surface area contributed by atoms with E-state index in [9.17, 15) is 20.0 Å². The maximum atomic E-state index is 10.9. The lowest BCUT2D eigenvalue weighted by Gasteiger charge is -2.18. The first-order chi connectivity index (χ1) is 8.09. The van der Waals surface area contributed by atoms with Crippen molar-refractivity contribution < 1.29 is 14.8 Å². The summed E-state index contributed by atoms with van der Waals surface area (Å²) < 4.78 is 0. The molecule has 0 bridgehead atoms. The van der Waals surface area contributed by atoms with E-state index in [0.29, 0.717) is 5.69 Å². The average Bonchev–Trinajstić information content (AvgIpc) is 2.81. The minimum absolute atomic E-state index is 0.167. The van der Waals surface area contributed by atoms with Crippen molar-refractivity contribution in [1.29, 1.82) is 0 Å². The molecule has 0 amide bonds. The van der Waals surface area contributed by atoms with Crippen molar-refractivity contribution in [3.63, 3.8) is 0 Å². The first-order valence-corrected chi connectivity index (χ1v) is 5.34. The molecule has 0 aromatic heterocycles. The van der Waals surface area contributed by atoms with Crippen LogP contribution in [0.25, 0.3) is 0 Å². The van der Waals surface area contributed by atoms with Crippen molar-refractivity contribution >= 4 is 17.3 Å². The summed E-state index contributed by atoms with van der Waals surface area (Å²) in [5.41, 5.74) is 0.144. The Bertz CT molecular complexity index is 467. The Labute approximate surface area is 97.6 Å². The molecular formula is C11H11N2O4-. The minimum Gasteiger partial charge on any atom is -0.545 e. The number of aromatic carboxylic acids is 1. The van der Waals surface area contributed by atoms with Crippen molar-refractivity contribution in [3.8, 4) is 0 Å². The van der Waals surface area contributed by atoms with Gasteiger partial charge in [-0.1, -0.05) is 6.07 Å². The van der Waals surface area contributed by atoms with Gasteiger partial charge in [-0.05, 0) is 18.9 Å². The van der Waals surface area contributed by atoms with Gasteiger partial charge in [0.05, 0.1) is 10.9 Å². The topological polar surface area (TPSA) is 86.5 Å². The highest BCUT2D eigenvalue weighted by molar-refractivity contribution is 5.88. The van der Waals surface area contributed by atoms with E-state index in [1.807, 2.05) is 4.90 Å². The van der Waals surface area contributed by atoms with Gasteiger partial charge in [0.2, 0.25) is 0 Å². The highest BCUT2D eigenvalue weighted by atomic mass is 16.6. The van der Waals surface area contributed by atoms with E-state index >= 15 is 0 Å². The Kier molecular flexibility index (Phi) is 2.95. The number of nitrogens with zero attached hydrogens (tertiary/aromatic N) is 2. The van der Waals surface area contributed by atoms with E-state index in [1.165, 1.54) is 12.1 Å².